The Morgan fingerprint density at radius 2 is 1.83 bits per heavy atom. The molecule has 2 aromatic heterocycles. The van der Waals surface area contributed by atoms with Gasteiger partial charge in [0.15, 0.2) is 17.1 Å². The number of anilines is 1. The molecule has 184 valence electrons. The fourth-order valence-electron chi connectivity index (χ4n) is 4.64. The van der Waals surface area contributed by atoms with Crippen molar-refractivity contribution in [3.63, 3.8) is 0 Å². The quantitative estimate of drug-likeness (QED) is 0.371. The lowest BCUT2D eigenvalue weighted by Crippen LogP contribution is -2.50. The van der Waals surface area contributed by atoms with Crippen LogP contribution in [0, 0.1) is 0 Å². The second-order valence-electron chi connectivity index (χ2n) is 8.84. The lowest BCUT2D eigenvalue weighted by molar-refractivity contribution is -0.142. The number of rotatable bonds is 4. The normalized spacial score (nSPS) is 17.8. The number of carbonyl (C=O) groups excluding carboxylic acids is 1. The van der Waals surface area contributed by atoms with Gasteiger partial charge in [0.1, 0.15) is 12.4 Å². The predicted molar refractivity (Wildman–Crippen MR) is 141 cm³/mol. The third kappa shape index (κ3) is 4.37. The van der Waals surface area contributed by atoms with E-state index in [4.69, 9.17) is 26.1 Å². The summed E-state index contributed by atoms with van der Waals surface area (Å²) in [6, 6.07) is 17.2. The molecular weight excluding hydrogens is 546 g/mol. The number of carbonyl (C=O) groups is 1. The summed E-state index contributed by atoms with van der Waals surface area (Å²) in [5.74, 6) is 2.08. The van der Waals surface area contributed by atoms with Crippen LogP contribution in [-0.4, -0.2) is 57.2 Å². The first-order valence-electron chi connectivity index (χ1n) is 11.8. The van der Waals surface area contributed by atoms with E-state index in [0.29, 0.717) is 35.3 Å². The van der Waals surface area contributed by atoms with Gasteiger partial charge in [-0.2, -0.15) is 9.61 Å². The lowest BCUT2D eigenvalue weighted by atomic mass is 10.0. The smallest absolute Gasteiger partial charge is 0.267 e. The molecule has 36 heavy (non-hydrogen) atoms. The van der Waals surface area contributed by atoms with E-state index in [-0.39, 0.29) is 18.6 Å². The average Bonchev–Trinajstić information content (AvgIpc) is 3.29. The molecule has 2 aliphatic rings. The zero-order valence-corrected chi connectivity index (χ0v) is 21.6. The molecule has 0 aliphatic carbocycles. The highest BCUT2D eigenvalue weighted by Gasteiger charge is 2.33. The third-order valence-corrected chi connectivity index (χ3v) is 7.41. The Morgan fingerprint density at radius 3 is 2.64 bits per heavy atom. The Balaban J connectivity index is 1.16. The van der Waals surface area contributed by atoms with Crippen LogP contribution in [0.4, 0.5) is 5.82 Å². The maximum absolute atomic E-state index is 13.1. The largest absolute Gasteiger partial charge is 0.485 e. The van der Waals surface area contributed by atoms with Gasteiger partial charge in [0.25, 0.3) is 5.91 Å². The van der Waals surface area contributed by atoms with Crippen LogP contribution in [0.15, 0.2) is 65.3 Å². The molecule has 8 nitrogen and oxygen atoms in total. The second kappa shape index (κ2) is 9.63. The minimum atomic E-state index is -0.621. The summed E-state index contributed by atoms with van der Waals surface area (Å²) in [7, 11) is 0. The standard InChI is InChI=1S/C26H23BrClN5O3/c27-18-14-29-33-24(13-20(31-25(18)33)17-5-1-2-6-19(17)28)30-16-9-11-32(12-10-16)26(34)23-15-35-21-7-3-4-8-22(21)36-23/h1-8,13-14,16,23,30H,9-12,15H2. The number of benzene rings is 2. The first-order chi connectivity index (χ1) is 17.6. The number of nitrogens with one attached hydrogen (secondary N) is 1. The second-order valence-corrected chi connectivity index (χ2v) is 10.1. The van der Waals surface area contributed by atoms with E-state index in [1.807, 2.05) is 59.5 Å². The number of aromatic nitrogens is 3. The van der Waals surface area contributed by atoms with E-state index < -0.39 is 6.10 Å². The van der Waals surface area contributed by atoms with Gasteiger partial charge in [0.2, 0.25) is 6.10 Å². The summed E-state index contributed by atoms with van der Waals surface area (Å²) < 4.78 is 14.2. The number of piperidine rings is 1. The Labute approximate surface area is 221 Å². The van der Waals surface area contributed by atoms with Crippen molar-refractivity contribution in [1.82, 2.24) is 19.5 Å². The lowest BCUT2D eigenvalue weighted by Gasteiger charge is -2.35. The number of para-hydroxylation sites is 2. The molecule has 4 aromatic rings. The Morgan fingerprint density at radius 1 is 1.08 bits per heavy atom. The van der Waals surface area contributed by atoms with Crippen molar-refractivity contribution >= 4 is 44.9 Å². The van der Waals surface area contributed by atoms with Gasteiger partial charge >= 0.3 is 0 Å². The number of nitrogens with zero attached hydrogens (tertiary/aromatic N) is 4. The highest BCUT2D eigenvalue weighted by molar-refractivity contribution is 9.10. The molecule has 0 radical (unpaired) electrons. The molecule has 0 bridgehead atoms. The zero-order chi connectivity index (χ0) is 24.6. The number of hydrogen-bond donors (Lipinski definition) is 1. The maximum atomic E-state index is 13.1. The molecule has 1 fully saturated rings. The fraction of sp³-hybridized carbons (Fsp3) is 0.269. The number of likely N-dealkylation sites (tertiary alicyclic amines) is 1. The van der Waals surface area contributed by atoms with E-state index in [2.05, 4.69) is 26.3 Å². The molecule has 10 heteroatoms. The topological polar surface area (TPSA) is 81.0 Å². The molecule has 4 heterocycles. The Hall–Kier alpha value is -3.30. The van der Waals surface area contributed by atoms with Gasteiger partial charge in [0.05, 0.1) is 16.4 Å². The molecule has 6 rings (SSSR count). The van der Waals surface area contributed by atoms with Crippen LogP contribution in [0.5, 0.6) is 11.5 Å². The summed E-state index contributed by atoms with van der Waals surface area (Å²) in [6.45, 7) is 1.49. The number of amides is 1. The monoisotopic (exact) mass is 567 g/mol. The molecule has 1 saturated heterocycles. The third-order valence-electron chi connectivity index (χ3n) is 6.52. The molecule has 1 unspecified atom stereocenters. The molecule has 1 amide bonds. The summed E-state index contributed by atoms with van der Waals surface area (Å²) in [5.41, 5.74) is 2.32. The number of fused-ring (bicyclic) bond motifs is 2. The van der Waals surface area contributed by atoms with Crippen LogP contribution in [0.1, 0.15) is 12.8 Å². The Bertz CT molecular complexity index is 1440. The van der Waals surface area contributed by atoms with E-state index in [9.17, 15) is 4.79 Å². The van der Waals surface area contributed by atoms with Crippen molar-refractivity contribution in [3.05, 3.63) is 70.3 Å². The van der Waals surface area contributed by atoms with E-state index in [0.717, 1.165) is 34.4 Å². The van der Waals surface area contributed by atoms with Crippen LogP contribution < -0.4 is 14.8 Å². The first kappa shape index (κ1) is 23.1. The van der Waals surface area contributed by atoms with Crippen LogP contribution in [0.25, 0.3) is 16.9 Å². The van der Waals surface area contributed by atoms with Gasteiger partial charge in [-0.1, -0.05) is 41.9 Å². The number of halogens is 2. The van der Waals surface area contributed by atoms with E-state index >= 15 is 0 Å². The van der Waals surface area contributed by atoms with E-state index in [1.165, 1.54) is 0 Å². The Kier molecular flexibility index (Phi) is 6.18. The number of ether oxygens (including phenoxy) is 2. The van der Waals surface area contributed by atoms with Gasteiger partial charge in [-0.05, 0) is 47.0 Å². The molecule has 0 saturated carbocycles. The van der Waals surface area contributed by atoms with Crippen molar-refractivity contribution < 1.29 is 14.3 Å². The zero-order valence-electron chi connectivity index (χ0n) is 19.2. The summed E-state index contributed by atoms with van der Waals surface area (Å²) >= 11 is 10.0. The van der Waals surface area contributed by atoms with Gasteiger partial charge in [-0.3, -0.25) is 4.79 Å². The number of hydrogen-bond acceptors (Lipinski definition) is 6. The molecule has 2 aliphatic heterocycles. The summed E-state index contributed by atoms with van der Waals surface area (Å²) in [4.78, 5) is 19.7. The van der Waals surface area contributed by atoms with Crippen molar-refractivity contribution in [2.75, 3.05) is 25.0 Å². The highest BCUT2D eigenvalue weighted by Crippen LogP contribution is 2.33. The average molecular weight is 569 g/mol. The van der Waals surface area contributed by atoms with Crippen molar-refractivity contribution in [3.8, 4) is 22.8 Å². The molecule has 2 aromatic carbocycles. The minimum absolute atomic E-state index is 0.0359. The summed E-state index contributed by atoms with van der Waals surface area (Å²) in [6.07, 6.45) is 2.70. The van der Waals surface area contributed by atoms with Crippen LogP contribution in [-0.2, 0) is 4.79 Å². The van der Waals surface area contributed by atoms with Gasteiger partial charge in [0, 0.05) is 35.8 Å². The molecule has 1 atom stereocenters. The highest BCUT2D eigenvalue weighted by atomic mass is 79.9. The van der Waals surface area contributed by atoms with Crippen LogP contribution in [0.2, 0.25) is 5.02 Å². The SMILES string of the molecule is O=C(C1COc2ccccc2O1)N1CCC(Nc2cc(-c3ccccc3Cl)nc3c(Br)cnn23)CC1. The molecule has 1 N–H and O–H groups in total. The van der Waals surface area contributed by atoms with Gasteiger partial charge in [-0.25, -0.2) is 4.98 Å². The van der Waals surface area contributed by atoms with E-state index in [1.54, 1.807) is 10.7 Å². The molecule has 0 spiro atoms. The predicted octanol–water partition coefficient (Wildman–Crippen LogP) is 5.06. The van der Waals surface area contributed by atoms with Gasteiger partial charge < -0.3 is 19.7 Å². The van der Waals surface area contributed by atoms with Gasteiger partial charge in [-0.15, -0.1) is 0 Å². The summed E-state index contributed by atoms with van der Waals surface area (Å²) in [5, 5.41) is 8.74. The van der Waals surface area contributed by atoms with Crippen molar-refractivity contribution in [2.24, 2.45) is 0 Å². The maximum Gasteiger partial charge on any atom is 0.267 e. The van der Waals surface area contributed by atoms with Crippen LogP contribution >= 0.6 is 27.5 Å². The van der Waals surface area contributed by atoms with Crippen molar-refractivity contribution in [2.45, 2.75) is 25.0 Å². The van der Waals surface area contributed by atoms with Crippen LogP contribution in [0.3, 0.4) is 0 Å². The molecular formula is C26H23BrClN5O3. The van der Waals surface area contributed by atoms with Crippen molar-refractivity contribution in [1.29, 1.82) is 0 Å². The fourth-order valence-corrected chi connectivity index (χ4v) is 5.22. The first-order valence-corrected chi connectivity index (χ1v) is 13.0. The minimum Gasteiger partial charge on any atom is -0.485 e.